The summed E-state index contributed by atoms with van der Waals surface area (Å²) in [4.78, 5) is 19.8. The second-order valence-corrected chi connectivity index (χ2v) is 14.0. The molecule has 1 heterocycles. The first kappa shape index (κ1) is 22.3. The van der Waals surface area contributed by atoms with E-state index in [0.29, 0.717) is 11.1 Å². The number of pyridine rings is 1. The Morgan fingerprint density at radius 1 is 0.821 bits per heavy atom. The lowest BCUT2D eigenvalue weighted by atomic mass is 10.1. The van der Waals surface area contributed by atoms with Crippen LogP contribution in [0.25, 0.3) is 0 Å². The Labute approximate surface area is 172 Å². The van der Waals surface area contributed by atoms with Gasteiger partial charge in [-0.15, -0.1) is 0 Å². The number of hydrogen-bond acceptors (Lipinski definition) is 2. The fourth-order valence-corrected chi connectivity index (χ4v) is 10.3. The minimum atomic E-state index is -2.07. The summed E-state index contributed by atoms with van der Waals surface area (Å²) in [7, 11) is -2.07. The van der Waals surface area contributed by atoms with Gasteiger partial charge in [-0.3, -0.25) is 9.78 Å². The van der Waals surface area contributed by atoms with Crippen LogP contribution in [0.15, 0.2) is 48.7 Å². The number of hydrogen-bond donors (Lipinski definition) is 0. The second-order valence-electron chi connectivity index (χ2n) is 8.87. The summed E-state index contributed by atoms with van der Waals surface area (Å²) >= 11 is 0. The van der Waals surface area contributed by atoms with Gasteiger partial charge in [0.15, 0.2) is 0 Å². The van der Waals surface area contributed by atoms with Crippen LogP contribution in [0.2, 0.25) is 11.1 Å². The van der Waals surface area contributed by atoms with Crippen molar-refractivity contribution in [3.8, 4) is 0 Å². The molecule has 1 amide bonds. The van der Waals surface area contributed by atoms with Gasteiger partial charge in [-0.1, -0.05) is 51.1 Å². The Hall–Kier alpha value is -1.94. The molecule has 0 atom stereocenters. The maximum Gasteiger partial charge on any atom is 0.254 e. The van der Waals surface area contributed by atoms with Crippen LogP contribution in [-0.4, -0.2) is 35.9 Å². The van der Waals surface area contributed by atoms with Crippen LogP contribution < -0.4 is 10.5 Å². The number of rotatable bonds is 7. The van der Waals surface area contributed by atoms with Crippen molar-refractivity contribution in [2.45, 2.75) is 78.6 Å². The Morgan fingerprint density at radius 2 is 1.36 bits per heavy atom. The van der Waals surface area contributed by atoms with Gasteiger partial charge >= 0.3 is 0 Å². The summed E-state index contributed by atoms with van der Waals surface area (Å²) in [5.74, 6) is 0.107. The lowest BCUT2D eigenvalue weighted by Gasteiger charge is -2.39. The van der Waals surface area contributed by atoms with Gasteiger partial charge in [0.2, 0.25) is 0 Å². The van der Waals surface area contributed by atoms with E-state index >= 15 is 0 Å². The summed E-state index contributed by atoms with van der Waals surface area (Å²) in [6.07, 6.45) is 1.91. The van der Waals surface area contributed by atoms with E-state index in [1.807, 2.05) is 29.3 Å². The molecule has 2 aromatic rings. The van der Waals surface area contributed by atoms with Gasteiger partial charge in [-0.05, 0) is 63.0 Å². The highest BCUT2D eigenvalue weighted by molar-refractivity contribution is 7.03. The molecule has 2 rings (SSSR count). The fraction of sp³-hybridized carbons (Fsp3) is 0.500. The summed E-state index contributed by atoms with van der Waals surface area (Å²) < 4.78 is 0. The molecule has 0 saturated carbocycles. The lowest BCUT2D eigenvalue weighted by molar-refractivity contribution is 0.0644. The Morgan fingerprint density at radius 3 is 1.75 bits per heavy atom. The van der Waals surface area contributed by atoms with Crippen LogP contribution in [0.5, 0.6) is 0 Å². The van der Waals surface area contributed by atoms with E-state index in [1.165, 1.54) is 10.5 Å². The van der Waals surface area contributed by atoms with E-state index in [4.69, 9.17) is 4.98 Å². The molecule has 0 unspecified atom stereocenters. The van der Waals surface area contributed by atoms with E-state index in [0.717, 1.165) is 5.56 Å². The summed E-state index contributed by atoms with van der Waals surface area (Å²) in [6.45, 7) is 17.6. The molecule has 0 N–H and O–H groups in total. The standard InChI is InChI=1S/C24H36N2OSi/c1-17(2)26(18(3)4)24(27)21-12-14-22(15-13-21)28(19(5)6,20(7)8)23-11-9-10-16-25-23/h9-20H,1-8H3. The van der Waals surface area contributed by atoms with E-state index < -0.39 is 8.07 Å². The maximum absolute atomic E-state index is 13.1. The molecule has 3 nitrogen and oxygen atoms in total. The average Bonchev–Trinajstić information content (AvgIpc) is 2.62. The highest BCUT2D eigenvalue weighted by Gasteiger charge is 2.44. The highest BCUT2D eigenvalue weighted by atomic mass is 28.3. The van der Waals surface area contributed by atoms with Crippen LogP contribution in [-0.2, 0) is 0 Å². The van der Waals surface area contributed by atoms with Crippen molar-refractivity contribution in [3.63, 3.8) is 0 Å². The van der Waals surface area contributed by atoms with Crippen molar-refractivity contribution >= 4 is 24.5 Å². The van der Waals surface area contributed by atoms with Crippen molar-refractivity contribution in [1.82, 2.24) is 9.88 Å². The number of benzene rings is 1. The van der Waals surface area contributed by atoms with Gasteiger partial charge in [0, 0.05) is 29.2 Å². The number of nitrogens with zero attached hydrogens (tertiary/aromatic N) is 2. The minimum Gasteiger partial charge on any atom is -0.334 e. The monoisotopic (exact) mass is 396 g/mol. The highest BCUT2D eigenvalue weighted by Crippen LogP contribution is 2.31. The van der Waals surface area contributed by atoms with E-state index in [-0.39, 0.29) is 18.0 Å². The molecule has 1 aromatic carbocycles. The zero-order valence-electron chi connectivity index (χ0n) is 18.7. The zero-order valence-corrected chi connectivity index (χ0v) is 19.7. The topological polar surface area (TPSA) is 33.2 Å². The molecular weight excluding hydrogens is 360 g/mol. The zero-order chi connectivity index (χ0) is 21.1. The quantitative estimate of drug-likeness (QED) is 0.634. The maximum atomic E-state index is 13.1. The molecule has 0 spiro atoms. The first-order valence-corrected chi connectivity index (χ1v) is 12.6. The molecule has 0 bridgehead atoms. The first-order chi connectivity index (χ1) is 13.1. The second kappa shape index (κ2) is 9.04. The van der Waals surface area contributed by atoms with Crippen molar-refractivity contribution in [3.05, 3.63) is 54.2 Å². The van der Waals surface area contributed by atoms with Crippen molar-refractivity contribution < 1.29 is 4.79 Å². The number of carbonyl (C=O) groups excluding carboxylic acids is 1. The third-order valence-corrected chi connectivity index (χ3v) is 11.9. The van der Waals surface area contributed by atoms with Gasteiger partial charge < -0.3 is 4.90 Å². The Kier molecular flexibility index (Phi) is 7.21. The number of amides is 1. The first-order valence-electron chi connectivity index (χ1n) is 10.5. The molecule has 152 valence electrons. The van der Waals surface area contributed by atoms with E-state index in [2.05, 4.69) is 79.7 Å². The molecule has 0 saturated heterocycles. The van der Waals surface area contributed by atoms with Gasteiger partial charge in [-0.2, -0.15) is 0 Å². The molecule has 0 aliphatic rings. The molecule has 1 aromatic heterocycles. The summed E-state index contributed by atoms with van der Waals surface area (Å²) in [6, 6.07) is 15.0. The van der Waals surface area contributed by atoms with Gasteiger partial charge in [-0.25, -0.2) is 0 Å². The molecule has 4 heteroatoms. The van der Waals surface area contributed by atoms with E-state index in [9.17, 15) is 4.79 Å². The van der Waals surface area contributed by atoms with Crippen LogP contribution in [0.1, 0.15) is 65.7 Å². The Bertz CT molecular complexity index is 751. The smallest absolute Gasteiger partial charge is 0.254 e. The van der Waals surface area contributed by atoms with Crippen LogP contribution in [0.3, 0.4) is 0 Å². The predicted molar refractivity (Wildman–Crippen MR) is 122 cm³/mol. The molecule has 28 heavy (non-hydrogen) atoms. The minimum absolute atomic E-state index is 0.107. The SMILES string of the molecule is CC(C)N(C(=O)c1ccc([Si](c2ccccn2)(C(C)C)C(C)C)cc1)C(C)C. The molecule has 0 aliphatic carbocycles. The lowest BCUT2D eigenvalue weighted by Crippen LogP contribution is -2.63. The summed E-state index contributed by atoms with van der Waals surface area (Å²) in [5, 5.41) is 2.58. The van der Waals surface area contributed by atoms with Crippen LogP contribution >= 0.6 is 0 Å². The van der Waals surface area contributed by atoms with Crippen molar-refractivity contribution in [1.29, 1.82) is 0 Å². The largest absolute Gasteiger partial charge is 0.334 e. The van der Waals surface area contributed by atoms with E-state index in [1.54, 1.807) is 0 Å². The molecular formula is C24H36N2OSi. The Balaban J connectivity index is 2.52. The van der Waals surface area contributed by atoms with Gasteiger partial charge in [0.25, 0.3) is 5.91 Å². The van der Waals surface area contributed by atoms with Crippen molar-refractivity contribution in [2.75, 3.05) is 0 Å². The van der Waals surface area contributed by atoms with Gasteiger partial charge in [0.1, 0.15) is 8.07 Å². The molecule has 0 radical (unpaired) electrons. The van der Waals surface area contributed by atoms with Crippen LogP contribution in [0.4, 0.5) is 0 Å². The number of aromatic nitrogens is 1. The van der Waals surface area contributed by atoms with Crippen LogP contribution in [0, 0.1) is 0 Å². The third-order valence-electron chi connectivity index (χ3n) is 5.87. The third kappa shape index (κ3) is 4.07. The summed E-state index contributed by atoms with van der Waals surface area (Å²) in [5.41, 5.74) is 1.78. The van der Waals surface area contributed by atoms with Gasteiger partial charge in [0.05, 0.1) is 0 Å². The van der Waals surface area contributed by atoms with Crippen molar-refractivity contribution in [2.24, 2.45) is 0 Å². The number of carbonyl (C=O) groups is 1. The molecule has 0 fully saturated rings. The fourth-order valence-electron chi connectivity index (χ4n) is 4.78. The average molecular weight is 397 g/mol. The predicted octanol–water partition coefficient (Wildman–Crippen LogP) is 4.72. The molecule has 0 aliphatic heterocycles. The normalized spacial score (nSPS) is 12.3.